The Hall–Kier alpha value is -1.95. The van der Waals surface area contributed by atoms with Crippen molar-refractivity contribution in [3.05, 3.63) is 39.8 Å². The predicted octanol–water partition coefficient (Wildman–Crippen LogP) is 1.89. The Morgan fingerprint density at radius 2 is 2.33 bits per heavy atom. The van der Waals surface area contributed by atoms with Crippen molar-refractivity contribution in [2.45, 2.75) is 25.3 Å². The van der Waals surface area contributed by atoms with E-state index in [0.29, 0.717) is 0 Å². The second kappa shape index (κ2) is 5.81. The number of aryl methyl sites for hydroxylation is 1. The van der Waals surface area contributed by atoms with Gasteiger partial charge < -0.3 is 10.2 Å². The molecule has 0 fully saturated rings. The molecular formula is C15H18N4OS. The SMILES string of the molecule is CN(C)c1ncc2c(n1)CC[C@H](NC(=O)c1ccsc1)C2. The first-order valence-electron chi connectivity index (χ1n) is 6.98. The Labute approximate surface area is 128 Å². The normalized spacial score (nSPS) is 17.1. The molecule has 2 aromatic rings. The van der Waals surface area contributed by atoms with E-state index in [0.717, 1.165) is 42.0 Å². The monoisotopic (exact) mass is 302 g/mol. The number of nitrogens with one attached hydrogen (secondary N) is 1. The Kier molecular flexibility index (Phi) is 3.88. The van der Waals surface area contributed by atoms with Crippen LogP contribution in [0.25, 0.3) is 0 Å². The lowest BCUT2D eigenvalue weighted by Gasteiger charge is -2.25. The summed E-state index contributed by atoms with van der Waals surface area (Å²) in [5, 5.41) is 6.89. The maximum Gasteiger partial charge on any atom is 0.252 e. The van der Waals surface area contributed by atoms with E-state index < -0.39 is 0 Å². The molecule has 1 aliphatic rings. The summed E-state index contributed by atoms with van der Waals surface area (Å²) in [7, 11) is 3.88. The largest absolute Gasteiger partial charge is 0.349 e. The molecule has 0 aromatic carbocycles. The fourth-order valence-electron chi connectivity index (χ4n) is 2.50. The molecule has 0 saturated heterocycles. The third-order valence-corrected chi connectivity index (χ3v) is 4.34. The number of carbonyl (C=O) groups is 1. The van der Waals surface area contributed by atoms with E-state index in [1.807, 2.05) is 42.0 Å². The van der Waals surface area contributed by atoms with Crippen LogP contribution in [-0.4, -0.2) is 36.0 Å². The average Bonchev–Trinajstić information content (AvgIpc) is 3.01. The molecule has 0 aliphatic heterocycles. The van der Waals surface area contributed by atoms with Crippen molar-refractivity contribution in [1.82, 2.24) is 15.3 Å². The van der Waals surface area contributed by atoms with E-state index in [9.17, 15) is 4.79 Å². The second-order valence-corrected chi connectivity index (χ2v) is 6.24. The first-order chi connectivity index (χ1) is 10.1. The molecule has 3 rings (SSSR count). The third-order valence-electron chi connectivity index (χ3n) is 3.66. The van der Waals surface area contributed by atoms with E-state index in [-0.39, 0.29) is 11.9 Å². The van der Waals surface area contributed by atoms with Crippen LogP contribution in [0.5, 0.6) is 0 Å². The molecular weight excluding hydrogens is 284 g/mol. The van der Waals surface area contributed by atoms with Gasteiger partial charge in [0.15, 0.2) is 0 Å². The van der Waals surface area contributed by atoms with Crippen LogP contribution in [0.1, 0.15) is 28.0 Å². The first-order valence-corrected chi connectivity index (χ1v) is 7.93. The summed E-state index contributed by atoms with van der Waals surface area (Å²) in [5.41, 5.74) is 2.99. The number of thiophene rings is 1. The van der Waals surface area contributed by atoms with Crippen LogP contribution in [0.15, 0.2) is 23.0 Å². The minimum absolute atomic E-state index is 0.00975. The highest BCUT2D eigenvalue weighted by atomic mass is 32.1. The van der Waals surface area contributed by atoms with Crippen LogP contribution in [0.3, 0.4) is 0 Å². The lowest BCUT2D eigenvalue weighted by Crippen LogP contribution is -2.39. The van der Waals surface area contributed by atoms with Crippen molar-refractivity contribution >= 4 is 23.2 Å². The maximum absolute atomic E-state index is 12.1. The molecule has 6 heteroatoms. The van der Waals surface area contributed by atoms with Crippen molar-refractivity contribution in [3.63, 3.8) is 0 Å². The number of amides is 1. The van der Waals surface area contributed by atoms with Crippen molar-refractivity contribution < 1.29 is 4.79 Å². The summed E-state index contributed by atoms with van der Waals surface area (Å²) < 4.78 is 0. The van der Waals surface area contributed by atoms with Crippen molar-refractivity contribution in [3.8, 4) is 0 Å². The molecule has 1 N–H and O–H groups in total. The smallest absolute Gasteiger partial charge is 0.252 e. The van der Waals surface area contributed by atoms with Gasteiger partial charge in [-0.25, -0.2) is 9.97 Å². The molecule has 0 radical (unpaired) electrons. The summed E-state index contributed by atoms with van der Waals surface area (Å²) >= 11 is 1.54. The Morgan fingerprint density at radius 3 is 3.05 bits per heavy atom. The number of nitrogens with zero attached hydrogens (tertiary/aromatic N) is 3. The first kappa shape index (κ1) is 14.0. The maximum atomic E-state index is 12.1. The minimum atomic E-state index is 0.00975. The van der Waals surface area contributed by atoms with E-state index in [4.69, 9.17) is 0 Å². The van der Waals surface area contributed by atoms with E-state index >= 15 is 0 Å². The summed E-state index contributed by atoms with van der Waals surface area (Å²) in [6.07, 6.45) is 4.50. The molecule has 1 aliphatic carbocycles. The van der Waals surface area contributed by atoms with E-state index in [2.05, 4.69) is 15.3 Å². The minimum Gasteiger partial charge on any atom is -0.349 e. The molecule has 1 amide bonds. The Bertz CT molecular complexity index is 639. The fraction of sp³-hybridized carbons (Fsp3) is 0.400. The topological polar surface area (TPSA) is 58.1 Å². The van der Waals surface area contributed by atoms with Gasteiger partial charge in [-0.1, -0.05) is 0 Å². The van der Waals surface area contributed by atoms with Gasteiger partial charge in [0.05, 0.1) is 0 Å². The van der Waals surface area contributed by atoms with Gasteiger partial charge in [-0.15, -0.1) is 0 Å². The molecule has 0 spiro atoms. The average molecular weight is 302 g/mol. The zero-order valence-electron chi connectivity index (χ0n) is 12.2. The molecule has 0 bridgehead atoms. The third kappa shape index (κ3) is 3.05. The summed E-state index contributed by atoms with van der Waals surface area (Å²) in [5.74, 6) is 0.755. The van der Waals surface area contributed by atoms with Gasteiger partial charge >= 0.3 is 0 Å². The van der Waals surface area contributed by atoms with Gasteiger partial charge in [-0.2, -0.15) is 11.3 Å². The number of aromatic nitrogens is 2. The van der Waals surface area contributed by atoms with Crippen LogP contribution < -0.4 is 10.2 Å². The van der Waals surface area contributed by atoms with Crippen molar-refractivity contribution in [1.29, 1.82) is 0 Å². The van der Waals surface area contributed by atoms with Gasteiger partial charge in [-0.05, 0) is 36.3 Å². The lowest BCUT2D eigenvalue weighted by atomic mass is 9.92. The summed E-state index contributed by atoms with van der Waals surface area (Å²) in [4.78, 5) is 22.9. The highest BCUT2D eigenvalue weighted by Crippen LogP contribution is 2.21. The highest BCUT2D eigenvalue weighted by molar-refractivity contribution is 7.08. The van der Waals surface area contributed by atoms with Crippen LogP contribution in [0, 0.1) is 0 Å². The van der Waals surface area contributed by atoms with Gasteiger partial charge in [0.2, 0.25) is 5.95 Å². The van der Waals surface area contributed by atoms with E-state index in [1.54, 1.807) is 0 Å². The van der Waals surface area contributed by atoms with Crippen LogP contribution in [0.2, 0.25) is 0 Å². The molecule has 2 heterocycles. The molecule has 0 saturated carbocycles. The van der Waals surface area contributed by atoms with Gasteiger partial charge in [-0.3, -0.25) is 4.79 Å². The van der Waals surface area contributed by atoms with Crippen molar-refractivity contribution in [2.75, 3.05) is 19.0 Å². The quantitative estimate of drug-likeness (QED) is 0.940. The lowest BCUT2D eigenvalue weighted by molar-refractivity contribution is 0.0934. The number of carbonyl (C=O) groups excluding carboxylic acids is 1. The molecule has 2 aromatic heterocycles. The summed E-state index contributed by atoms with van der Waals surface area (Å²) in [6, 6.07) is 2.02. The van der Waals surface area contributed by atoms with Crippen LogP contribution in [-0.2, 0) is 12.8 Å². The molecule has 5 nitrogen and oxygen atoms in total. The number of fused-ring (bicyclic) bond motifs is 1. The van der Waals surface area contributed by atoms with E-state index in [1.165, 1.54) is 11.3 Å². The Morgan fingerprint density at radius 1 is 1.48 bits per heavy atom. The zero-order chi connectivity index (χ0) is 14.8. The van der Waals surface area contributed by atoms with Crippen LogP contribution >= 0.6 is 11.3 Å². The fourth-order valence-corrected chi connectivity index (χ4v) is 3.13. The standard InChI is InChI=1S/C15H18N4OS/c1-19(2)15-16-8-11-7-12(3-4-13(11)18-15)17-14(20)10-5-6-21-9-10/h5-6,8-9,12H,3-4,7H2,1-2H3,(H,17,20)/t12-/m0/s1. The van der Waals surface area contributed by atoms with Crippen molar-refractivity contribution in [2.24, 2.45) is 0 Å². The number of hydrogen-bond acceptors (Lipinski definition) is 5. The Balaban J connectivity index is 1.69. The highest BCUT2D eigenvalue weighted by Gasteiger charge is 2.22. The van der Waals surface area contributed by atoms with Gasteiger partial charge in [0, 0.05) is 43.0 Å². The number of anilines is 1. The molecule has 110 valence electrons. The number of rotatable bonds is 3. The predicted molar refractivity (Wildman–Crippen MR) is 84.0 cm³/mol. The van der Waals surface area contributed by atoms with Crippen LogP contribution in [0.4, 0.5) is 5.95 Å². The number of hydrogen-bond donors (Lipinski definition) is 1. The molecule has 21 heavy (non-hydrogen) atoms. The van der Waals surface area contributed by atoms with Gasteiger partial charge in [0.1, 0.15) is 0 Å². The van der Waals surface area contributed by atoms with Gasteiger partial charge in [0.25, 0.3) is 5.91 Å². The molecule has 0 unspecified atom stereocenters. The zero-order valence-corrected chi connectivity index (χ0v) is 13.0. The summed E-state index contributed by atoms with van der Waals surface area (Å²) in [6.45, 7) is 0. The molecule has 1 atom stereocenters. The second-order valence-electron chi connectivity index (χ2n) is 5.46.